The van der Waals surface area contributed by atoms with E-state index in [2.05, 4.69) is 29.1 Å². The van der Waals surface area contributed by atoms with Gasteiger partial charge in [-0.15, -0.1) is 0 Å². The molecule has 0 spiro atoms. The molecule has 2 rings (SSSR count). The van der Waals surface area contributed by atoms with Gasteiger partial charge in [0.2, 0.25) is 0 Å². The van der Waals surface area contributed by atoms with Crippen molar-refractivity contribution >= 4 is 11.6 Å². The summed E-state index contributed by atoms with van der Waals surface area (Å²) < 4.78 is 0. The Hall–Kier alpha value is -2.23. The molecule has 1 heterocycles. The molecule has 1 amide bonds. The lowest BCUT2D eigenvalue weighted by molar-refractivity contribution is 0.102. The first-order valence-corrected chi connectivity index (χ1v) is 6.31. The van der Waals surface area contributed by atoms with Crippen LogP contribution in [-0.4, -0.2) is 15.9 Å². The van der Waals surface area contributed by atoms with Crippen molar-refractivity contribution in [2.75, 3.05) is 5.32 Å². The van der Waals surface area contributed by atoms with Crippen LogP contribution in [-0.2, 0) is 6.42 Å². The third kappa shape index (κ3) is 3.88. The Bertz CT molecular complexity index is 535. The summed E-state index contributed by atoms with van der Waals surface area (Å²) in [5.41, 5.74) is 2.35. The zero-order chi connectivity index (χ0) is 13.7. The molecule has 0 fully saturated rings. The summed E-state index contributed by atoms with van der Waals surface area (Å²) in [5, 5.41) is 2.80. The van der Waals surface area contributed by atoms with Gasteiger partial charge < -0.3 is 5.32 Å². The monoisotopic (exact) mass is 255 g/mol. The van der Waals surface area contributed by atoms with E-state index in [-0.39, 0.29) is 5.91 Å². The summed E-state index contributed by atoms with van der Waals surface area (Å²) in [5.74, 6) is 0.379. The van der Waals surface area contributed by atoms with Crippen molar-refractivity contribution in [3.8, 4) is 0 Å². The summed E-state index contributed by atoms with van der Waals surface area (Å²) in [6.07, 6.45) is 5.53. The summed E-state index contributed by atoms with van der Waals surface area (Å²) in [4.78, 5) is 19.7. The molecule has 4 heteroatoms. The Balaban J connectivity index is 2.02. The van der Waals surface area contributed by atoms with E-state index in [0.29, 0.717) is 11.6 Å². The Labute approximate surface area is 112 Å². The number of amides is 1. The molecule has 0 saturated heterocycles. The molecule has 2 aromatic rings. The van der Waals surface area contributed by atoms with Gasteiger partial charge in [0.05, 0.1) is 6.20 Å². The molecule has 1 N–H and O–H groups in total. The maximum atomic E-state index is 11.9. The Kier molecular flexibility index (Phi) is 4.23. The van der Waals surface area contributed by atoms with Crippen molar-refractivity contribution in [2.45, 2.75) is 20.3 Å². The van der Waals surface area contributed by atoms with Gasteiger partial charge in [-0.2, -0.15) is 0 Å². The van der Waals surface area contributed by atoms with Gasteiger partial charge in [-0.1, -0.05) is 26.0 Å². The lowest BCUT2D eigenvalue weighted by Gasteiger charge is -2.07. The third-order valence-electron chi connectivity index (χ3n) is 2.65. The molecule has 0 atom stereocenters. The van der Waals surface area contributed by atoms with Gasteiger partial charge in [-0.25, -0.2) is 4.98 Å². The minimum atomic E-state index is -0.246. The number of hydrogen-bond donors (Lipinski definition) is 1. The Morgan fingerprint density at radius 3 is 2.53 bits per heavy atom. The number of rotatable bonds is 4. The van der Waals surface area contributed by atoms with Crippen LogP contribution < -0.4 is 5.32 Å². The van der Waals surface area contributed by atoms with Crippen molar-refractivity contribution < 1.29 is 4.79 Å². The first-order chi connectivity index (χ1) is 9.15. The van der Waals surface area contributed by atoms with Gasteiger partial charge in [0.1, 0.15) is 5.69 Å². The van der Waals surface area contributed by atoms with Crippen molar-refractivity contribution in [3.05, 3.63) is 54.1 Å². The molecule has 1 aromatic heterocycles. The van der Waals surface area contributed by atoms with E-state index in [1.165, 1.54) is 24.2 Å². The molecule has 0 bridgehead atoms. The molecule has 1 aromatic carbocycles. The van der Waals surface area contributed by atoms with Crippen LogP contribution in [0.2, 0.25) is 0 Å². The van der Waals surface area contributed by atoms with E-state index in [4.69, 9.17) is 0 Å². The minimum absolute atomic E-state index is 0.246. The first-order valence-electron chi connectivity index (χ1n) is 6.31. The highest BCUT2D eigenvalue weighted by Gasteiger charge is 2.07. The van der Waals surface area contributed by atoms with Gasteiger partial charge in [0.25, 0.3) is 5.91 Å². The standard InChI is InChI=1S/C15H17N3O/c1-11(2)9-12-3-5-13(6-4-12)18-15(19)14-10-16-7-8-17-14/h3-8,10-11H,9H2,1-2H3,(H,18,19). The molecular formula is C15H17N3O. The maximum absolute atomic E-state index is 11.9. The van der Waals surface area contributed by atoms with Crippen LogP contribution in [0.3, 0.4) is 0 Å². The molecule has 0 aliphatic carbocycles. The zero-order valence-corrected chi connectivity index (χ0v) is 11.1. The highest BCUT2D eigenvalue weighted by atomic mass is 16.1. The van der Waals surface area contributed by atoms with E-state index in [1.54, 1.807) is 0 Å². The second kappa shape index (κ2) is 6.09. The van der Waals surface area contributed by atoms with E-state index in [9.17, 15) is 4.79 Å². The normalized spacial score (nSPS) is 10.5. The minimum Gasteiger partial charge on any atom is -0.321 e. The summed E-state index contributed by atoms with van der Waals surface area (Å²) in [6, 6.07) is 7.89. The fourth-order valence-electron chi connectivity index (χ4n) is 1.81. The Morgan fingerprint density at radius 2 is 1.95 bits per heavy atom. The van der Waals surface area contributed by atoms with Crippen molar-refractivity contribution in [1.82, 2.24) is 9.97 Å². The number of aromatic nitrogens is 2. The summed E-state index contributed by atoms with van der Waals surface area (Å²) in [6.45, 7) is 4.37. The van der Waals surface area contributed by atoms with Crippen LogP contribution in [0.25, 0.3) is 0 Å². The molecule has 0 unspecified atom stereocenters. The van der Waals surface area contributed by atoms with E-state index < -0.39 is 0 Å². The van der Waals surface area contributed by atoms with Crippen molar-refractivity contribution in [1.29, 1.82) is 0 Å². The molecule has 0 radical (unpaired) electrons. The van der Waals surface area contributed by atoms with E-state index in [1.807, 2.05) is 24.3 Å². The molecule has 19 heavy (non-hydrogen) atoms. The molecule has 0 aliphatic rings. The van der Waals surface area contributed by atoms with Crippen LogP contribution in [0.4, 0.5) is 5.69 Å². The predicted octanol–water partition coefficient (Wildman–Crippen LogP) is 2.93. The van der Waals surface area contributed by atoms with Crippen LogP contribution in [0.15, 0.2) is 42.9 Å². The molecular weight excluding hydrogens is 238 g/mol. The SMILES string of the molecule is CC(C)Cc1ccc(NC(=O)c2cnccn2)cc1. The fraction of sp³-hybridized carbons (Fsp3) is 0.267. The van der Waals surface area contributed by atoms with Crippen LogP contribution in [0.1, 0.15) is 29.9 Å². The molecule has 98 valence electrons. The van der Waals surface area contributed by atoms with Gasteiger partial charge >= 0.3 is 0 Å². The van der Waals surface area contributed by atoms with Crippen LogP contribution in [0.5, 0.6) is 0 Å². The number of nitrogens with zero attached hydrogens (tertiary/aromatic N) is 2. The Morgan fingerprint density at radius 1 is 1.21 bits per heavy atom. The first kappa shape index (κ1) is 13.2. The number of carbonyl (C=O) groups excluding carboxylic acids is 1. The number of anilines is 1. The number of benzene rings is 1. The van der Waals surface area contributed by atoms with Gasteiger partial charge in [0, 0.05) is 18.1 Å². The molecule has 0 saturated carbocycles. The van der Waals surface area contributed by atoms with Gasteiger partial charge in [-0.3, -0.25) is 9.78 Å². The maximum Gasteiger partial charge on any atom is 0.275 e. The fourth-order valence-corrected chi connectivity index (χ4v) is 1.81. The number of carbonyl (C=O) groups is 1. The molecule has 0 aliphatic heterocycles. The average Bonchev–Trinajstić information content (AvgIpc) is 2.41. The lowest BCUT2D eigenvalue weighted by atomic mass is 10.0. The highest BCUT2D eigenvalue weighted by molar-refractivity contribution is 6.02. The highest BCUT2D eigenvalue weighted by Crippen LogP contribution is 2.13. The van der Waals surface area contributed by atoms with Crippen LogP contribution >= 0.6 is 0 Å². The van der Waals surface area contributed by atoms with Gasteiger partial charge in [-0.05, 0) is 30.0 Å². The second-order valence-corrected chi connectivity index (χ2v) is 4.84. The number of nitrogens with one attached hydrogen (secondary N) is 1. The quantitative estimate of drug-likeness (QED) is 0.913. The third-order valence-corrected chi connectivity index (χ3v) is 2.65. The lowest BCUT2D eigenvalue weighted by Crippen LogP contribution is -2.13. The topological polar surface area (TPSA) is 54.9 Å². The largest absolute Gasteiger partial charge is 0.321 e. The predicted molar refractivity (Wildman–Crippen MR) is 75.0 cm³/mol. The van der Waals surface area contributed by atoms with Gasteiger partial charge in [0.15, 0.2) is 0 Å². The smallest absolute Gasteiger partial charge is 0.275 e. The number of hydrogen-bond acceptors (Lipinski definition) is 3. The van der Waals surface area contributed by atoms with Crippen LogP contribution in [0, 0.1) is 5.92 Å². The zero-order valence-electron chi connectivity index (χ0n) is 11.1. The summed E-state index contributed by atoms with van der Waals surface area (Å²) in [7, 11) is 0. The van der Waals surface area contributed by atoms with Crippen molar-refractivity contribution in [3.63, 3.8) is 0 Å². The summed E-state index contributed by atoms with van der Waals surface area (Å²) >= 11 is 0. The van der Waals surface area contributed by atoms with E-state index >= 15 is 0 Å². The second-order valence-electron chi connectivity index (χ2n) is 4.84. The molecule has 4 nitrogen and oxygen atoms in total. The van der Waals surface area contributed by atoms with Crippen molar-refractivity contribution in [2.24, 2.45) is 5.92 Å². The van der Waals surface area contributed by atoms with E-state index in [0.717, 1.165) is 12.1 Å². The average molecular weight is 255 g/mol.